The average molecular weight is 519 g/mol. The molecule has 192 valence electrons. The SMILES string of the molecule is COc1ccc(-c2nc(Nc3ccc(-c4nc5ccc([N+](=O)[O-])cc5[nH]4)cc3)c3ccccc3n2)cc1OC. The number of non-ortho nitro benzene ring substituents is 1. The first-order chi connectivity index (χ1) is 19.0. The maximum Gasteiger partial charge on any atom is 0.271 e. The van der Waals surface area contributed by atoms with Gasteiger partial charge in [-0.3, -0.25) is 10.1 Å². The van der Waals surface area contributed by atoms with Gasteiger partial charge in [-0.2, -0.15) is 0 Å². The minimum absolute atomic E-state index is 0.0155. The molecule has 0 aliphatic carbocycles. The molecule has 0 bridgehead atoms. The summed E-state index contributed by atoms with van der Waals surface area (Å²) in [6.45, 7) is 0. The number of nitrogens with one attached hydrogen (secondary N) is 2. The molecule has 10 heteroatoms. The first-order valence-electron chi connectivity index (χ1n) is 12.0. The van der Waals surface area contributed by atoms with Crippen molar-refractivity contribution in [3.8, 4) is 34.3 Å². The molecule has 0 aliphatic heterocycles. The number of fused-ring (bicyclic) bond motifs is 2. The molecule has 2 N–H and O–H groups in total. The minimum Gasteiger partial charge on any atom is -0.493 e. The van der Waals surface area contributed by atoms with Crippen LogP contribution in [0.25, 0.3) is 44.7 Å². The number of ether oxygens (including phenoxy) is 2. The smallest absolute Gasteiger partial charge is 0.271 e. The Morgan fingerprint density at radius 1 is 0.795 bits per heavy atom. The Hall–Kier alpha value is -5.51. The van der Waals surface area contributed by atoms with Crippen molar-refractivity contribution >= 4 is 39.1 Å². The van der Waals surface area contributed by atoms with Crippen LogP contribution in [0, 0.1) is 10.1 Å². The summed E-state index contributed by atoms with van der Waals surface area (Å²) in [7, 11) is 3.19. The van der Waals surface area contributed by atoms with E-state index in [-0.39, 0.29) is 5.69 Å². The summed E-state index contributed by atoms with van der Waals surface area (Å²) >= 11 is 0. The fourth-order valence-electron chi connectivity index (χ4n) is 4.37. The molecule has 0 saturated carbocycles. The van der Waals surface area contributed by atoms with Crippen molar-refractivity contribution in [1.29, 1.82) is 0 Å². The minimum atomic E-state index is -0.423. The summed E-state index contributed by atoms with van der Waals surface area (Å²) in [5.41, 5.74) is 4.55. The molecule has 0 amide bonds. The van der Waals surface area contributed by atoms with Gasteiger partial charge in [0.15, 0.2) is 17.3 Å². The topological polar surface area (TPSA) is 128 Å². The van der Waals surface area contributed by atoms with Crippen molar-refractivity contribution in [3.05, 3.63) is 95.0 Å². The van der Waals surface area contributed by atoms with Crippen LogP contribution in [0.3, 0.4) is 0 Å². The van der Waals surface area contributed by atoms with E-state index in [4.69, 9.17) is 19.4 Å². The Labute approximate surface area is 222 Å². The standard InChI is InChI=1S/C29H22N6O4/c1-38-25-14-9-18(15-26(25)39-2)28-31-22-6-4-3-5-21(22)29(34-28)30-19-10-7-17(8-11-19)27-32-23-13-12-20(35(36)37)16-24(23)33-27/h3-16H,1-2H3,(H,32,33)(H,30,31,34). The number of aromatic amines is 1. The number of imidazole rings is 1. The summed E-state index contributed by atoms with van der Waals surface area (Å²) in [6, 6.07) is 25.6. The van der Waals surface area contributed by atoms with Gasteiger partial charge in [-0.1, -0.05) is 12.1 Å². The van der Waals surface area contributed by atoms with Gasteiger partial charge in [0.1, 0.15) is 11.6 Å². The van der Waals surface area contributed by atoms with Gasteiger partial charge in [0, 0.05) is 34.3 Å². The van der Waals surface area contributed by atoms with E-state index in [9.17, 15) is 10.1 Å². The highest BCUT2D eigenvalue weighted by molar-refractivity contribution is 5.92. The Kier molecular flexibility index (Phi) is 5.96. The number of H-pyrrole nitrogens is 1. The normalized spacial score (nSPS) is 11.0. The van der Waals surface area contributed by atoms with Gasteiger partial charge in [-0.05, 0) is 60.7 Å². The molecule has 2 aromatic heterocycles. The Morgan fingerprint density at radius 2 is 1.56 bits per heavy atom. The monoisotopic (exact) mass is 518 g/mol. The molecule has 0 aliphatic rings. The molecule has 4 aromatic carbocycles. The van der Waals surface area contributed by atoms with Crippen LogP contribution in [0.5, 0.6) is 11.5 Å². The van der Waals surface area contributed by atoms with Gasteiger partial charge in [0.05, 0.1) is 35.7 Å². The van der Waals surface area contributed by atoms with Gasteiger partial charge < -0.3 is 19.8 Å². The molecule has 6 rings (SSSR count). The van der Waals surface area contributed by atoms with Crippen LogP contribution in [-0.2, 0) is 0 Å². The number of rotatable bonds is 7. The van der Waals surface area contributed by atoms with Gasteiger partial charge in [-0.15, -0.1) is 0 Å². The maximum atomic E-state index is 11.1. The largest absolute Gasteiger partial charge is 0.493 e. The van der Waals surface area contributed by atoms with E-state index >= 15 is 0 Å². The quantitative estimate of drug-likeness (QED) is 0.181. The number of anilines is 2. The Bertz CT molecular complexity index is 1850. The number of hydrogen-bond donors (Lipinski definition) is 2. The molecule has 10 nitrogen and oxygen atoms in total. The van der Waals surface area contributed by atoms with Crippen molar-refractivity contribution in [1.82, 2.24) is 19.9 Å². The molecule has 0 atom stereocenters. The summed E-state index contributed by atoms with van der Waals surface area (Å²) < 4.78 is 10.8. The van der Waals surface area contributed by atoms with Crippen LogP contribution in [-0.4, -0.2) is 39.1 Å². The van der Waals surface area contributed by atoms with Crippen LogP contribution in [0.15, 0.2) is 84.9 Å². The third-order valence-electron chi connectivity index (χ3n) is 6.34. The molecule has 39 heavy (non-hydrogen) atoms. The zero-order valence-corrected chi connectivity index (χ0v) is 21.0. The molecule has 0 unspecified atom stereocenters. The van der Waals surface area contributed by atoms with E-state index in [0.717, 1.165) is 27.7 Å². The van der Waals surface area contributed by atoms with Crippen molar-refractivity contribution in [3.63, 3.8) is 0 Å². The number of nitro groups is 1. The highest BCUT2D eigenvalue weighted by Crippen LogP contribution is 2.33. The number of nitrogens with zero attached hydrogens (tertiary/aromatic N) is 4. The number of aromatic nitrogens is 4. The lowest BCUT2D eigenvalue weighted by Gasteiger charge is -2.13. The lowest BCUT2D eigenvalue weighted by atomic mass is 10.1. The fourth-order valence-corrected chi connectivity index (χ4v) is 4.37. The molecule has 2 heterocycles. The molecule has 0 radical (unpaired) electrons. The van der Waals surface area contributed by atoms with Gasteiger partial charge in [0.25, 0.3) is 5.69 Å². The van der Waals surface area contributed by atoms with Crippen LogP contribution in [0.2, 0.25) is 0 Å². The third-order valence-corrected chi connectivity index (χ3v) is 6.34. The summed E-state index contributed by atoms with van der Waals surface area (Å²) in [4.78, 5) is 28.0. The van der Waals surface area contributed by atoms with Crippen LogP contribution in [0.4, 0.5) is 17.2 Å². The molecule has 0 saturated heterocycles. The summed E-state index contributed by atoms with van der Waals surface area (Å²) in [5, 5.41) is 15.4. The Balaban J connectivity index is 1.33. The maximum absolute atomic E-state index is 11.1. The lowest BCUT2D eigenvalue weighted by molar-refractivity contribution is -0.384. The number of nitro benzene ring substituents is 1. The number of methoxy groups -OCH3 is 2. The molecule has 0 fully saturated rings. The van der Waals surface area contributed by atoms with Crippen LogP contribution >= 0.6 is 0 Å². The second-order valence-corrected chi connectivity index (χ2v) is 8.73. The van der Waals surface area contributed by atoms with Crippen LogP contribution in [0.1, 0.15) is 0 Å². The van der Waals surface area contributed by atoms with Crippen molar-refractivity contribution in [2.45, 2.75) is 0 Å². The first-order valence-corrected chi connectivity index (χ1v) is 12.0. The molecular formula is C29H22N6O4. The van der Waals surface area contributed by atoms with Crippen molar-refractivity contribution in [2.24, 2.45) is 0 Å². The molecule has 0 spiro atoms. The van der Waals surface area contributed by atoms with Gasteiger partial charge in [0.2, 0.25) is 0 Å². The third kappa shape index (κ3) is 4.55. The predicted molar refractivity (Wildman–Crippen MR) is 150 cm³/mol. The second-order valence-electron chi connectivity index (χ2n) is 8.73. The van der Waals surface area contributed by atoms with Crippen LogP contribution < -0.4 is 14.8 Å². The lowest BCUT2D eigenvalue weighted by Crippen LogP contribution is -2.00. The van der Waals surface area contributed by atoms with E-state index in [2.05, 4.69) is 15.3 Å². The predicted octanol–water partition coefficient (Wildman–Crippen LogP) is 6.51. The van der Waals surface area contributed by atoms with E-state index in [0.29, 0.717) is 40.0 Å². The van der Waals surface area contributed by atoms with Gasteiger partial charge in [-0.25, -0.2) is 15.0 Å². The molecular weight excluding hydrogens is 496 g/mol. The van der Waals surface area contributed by atoms with E-state index < -0.39 is 4.92 Å². The zero-order valence-electron chi connectivity index (χ0n) is 21.0. The van der Waals surface area contributed by atoms with Crippen molar-refractivity contribution in [2.75, 3.05) is 19.5 Å². The summed E-state index contributed by atoms with van der Waals surface area (Å²) in [5.74, 6) is 3.06. The number of para-hydroxylation sites is 1. The second kappa shape index (κ2) is 9.75. The van der Waals surface area contributed by atoms with Crippen molar-refractivity contribution < 1.29 is 14.4 Å². The highest BCUT2D eigenvalue weighted by Gasteiger charge is 2.14. The Morgan fingerprint density at radius 3 is 2.33 bits per heavy atom. The zero-order chi connectivity index (χ0) is 26.9. The van der Waals surface area contributed by atoms with E-state index in [1.54, 1.807) is 20.3 Å². The van der Waals surface area contributed by atoms with Gasteiger partial charge >= 0.3 is 0 Å². The number of hydrogen-bond acceptors (Lipinski definition) is 8. The first kappa shape index (κ1) is 23.9. The average Bonchev–Trinajstić information content (AvgIpc) is 3.40. The highest BCUT2D eigenvalue weighted by atomic mass is 16.6. The van der Waals surface area contributed by atoms with E-state index in [1.165, 1.54) is 12.1 Å². The molecule has 6 aromatic rings. The fraction of sp³-hybridized carbons (Fsp3) is 0.0690. The number of benzene rings is 4. The summed E-state index contributed by atoms with van der Waals surface area (Å²) in [6.07, 6.45) is 0. The van der Waals surface area contributed by atoms with E-state index in [1.807, 2.05) is 66.7 Å².